The van der Waals surface area contributed by atoms with Crippen LogP contribution in [0.5, 0.6) is 5.75 Å². The molecule has 3 aromatic rings. The lowest BCUT2D eigenvalue weighted by Gasteiger charge is -2.28. The second-order valence-electron chi connectivity index (χ2n) is 9.38. The van der Waals surface area contributed by atoms with E-state index in [1.54, 1.807) is 42.5 Å². The van der Waals surface area contributed by atoms with Gasteiger partial charge in [-0.15, -0.1) is 0 Å². The standard InChI is InChI=1S/C31H33ClN2O4/c1-4-33(5-2)16-17-34-28(24-10-7-11-25(32)19-24)27(30(36)31(34)37)29(35)23-12-14-26(15-13-23)38-20-22-9-6-8-21(3)18-22/h6-15,18-19,28,35H,4-5,16-17,20H2,1-3H3/b29-27+. The minimum atomic E-state index is -0.735. The molecule has 0 spiro atoms. The van der Waals surface area contributed by atoms with Crippen molar-refractivity contribution in [1.29, 1.82) is 0 Å². The maximum atomic E-state index is 13.3. The molecule has 7 heteroatoms. The largest absolute Gasteiger partial charge is 0.507 e. The Hall–Kier alpha value is -3.61. The maximum Gasteiger partial charge on any atom is 0.295 e. The molecule has 6 nitrogen and oxygen atoms in total. The van der Waals surface area contributed by atoms with Gasteiger partial charge in [-0.3, -0.25) is 9.59 Å². The summed E-state index contributed by atoms with van der Waals surface area (Å²) in [5.41, 5.74) is 3.39. The van der Waals surface area contributed by atoms with Crippen LogP contribution < -0.4 is 4.74 Å². The van der Waals surface area contributed by atoms with Crippen LogP contribution in [-0.4, -0.2) is 52.8 Å². The number of carbonyl (C=O) groups excluding carboxylic acids is 2. The van der Waals surface area contributed by atoms with Crippen LogP contribution in [0.2, 0.25) is 5.02 Å². The monoisotopic (exact) mass is 532 g/mol. The lowest BCUT2D eigenvalue weighted by molar-refractivity contribution is -0.140. The lowest BCUT2D eigenvalue weighted by atomic mass is 9.95. The number of rotatable bonds is 10. The van der Waals surface area contributed by atoms with Gasteiger partial charge in [0.25, 0.3) is 11.7 Å². The summed E-state index contributed by atoms with van der Waals surface area (Å²) in [4.78, 5) is 30.1. The highest BCUT2D eigenvalue weighted by atomic mass is 35.5. The SMILES string of the molecule is CCN(CC)CCN1C(=O)C(=O)/C(=C(/O)c2ccc(OCc3cccc(C)c3)cc2)C1c1cccc(Cl)c1. The summed E-state index contributed by atoms with van der Waals surface area (Å²) in [5.74, 6) is -0.911. The molecule has 38 heavy (non-hydrogen) atoms. The number of ketones is 1. The second kappa shape index (κ2) is 12.3. The van der Waals surface area contributed by atoms with Gasteiger partial charge < -0.3 is 19.6 Å². The van der Waals surface area contributed by atoms with Gasteiger partial charge in [0.2, 0.25) is 0 Å². The summed E-state index contributed by atoms with van der Waals surface area (Å²) in [6.07, 6.45) is 0. The van der Waals surface area contributed by atoms with E-state index in [-0.39, 0.29) is 11.3 Å². The molecule has 0 saturated carbocycles. The van der Waals surface area contributed by atoms with Crippen LogP contribution in [0.4, 0.5) is 0 Å². The number of aliphatic hydroxyl groups excluding tert-OH is 1. The Morgan fingerprint density at radius 1 is 1.00 bits per heavy atom. The van der Waals surface area contributed by atoms with Gasteiger partial charge in [-0.25, -0.2) is 0 Å². The van der Waals surface area contributed by atoms with E-state index < -0.39 is 17.7 Å². The summed E-state index contributed by atoms with van der Waals surface area (Å²) >= 11 is 6.27. The fourth-order valence-electron chi connectivity index (χ4n) is 4.76. The van der Waals surface area contributed by atoms with Gasteiger partial charge in [0.1, 0.15) is 18.1 Å². The third-order valence-corrected chi connectivity index (χ3v) is 7.11. The molecule has 1 N–H and O–H groups in total. The van der Waals surface area contributed by atoms with Crippen LogP contribution >= 0.6 is 11.6 Å². The Balaban J connectivity index is 1.64. The Morgan fingerprint density at radius 2 is 1.71 bits per heavy atom. The van der Waals surface area contributed by atoms with Crippen LogP contribution in [-0.2, 0) is 16.2 Å². The number of likely N-dealkylation sites (tertiary alicyclic amines) is 1. The number of Topliss-reactive ketones (excluding diaryl/α,β-unsaturated/α-hetero) is 1. The third kappa shape index (κ3) is 6.09. The van der Waals surface area contributed by atoms with Gasteiger partial charge >= 0.3 is 0 Å². The fraction of sp³-hybridized carbons (Fsp3) is 0.290. The number of benzene rings is 3. The van der Waals surface area contributed by atoms with Gasteiger partial charge in [0, 0.05) is 23.7 Å². The molecule has 0 aromatic heterocycles. The minimum absolute atomic E-state index is 0.0604. The second-order valence-corrected chi connectivity index (χ2v) is 9.81. The number of hydrogen-bond acceptors (Lipinski definition) is 5. The molecule has 3 aromatic carbocycles. The first kappa shape index (κ1) is 27.4. The van der Waals surface area contributed by atoms with Crippen molar-refractivity contribution >= 4 is 29.1 Å². The van der Waals surface area contributed by atoms with E-state index >= 15 is 0 Å². The average Bonchev–Trinajstić information content (AvgIpc) is 3.17. The fourth-order valence-corrected chi connectivity index (χ4v) is 4.95. The van der Waals surface area contributed by atoms with E-state index in [4.69, 9.17) is 16.3 Å². The normalized spacial score (nSPS) is 16.9. The molecule has 1 unspecified atom stereocenters. The molecule has 1 atom stereocenters. The molecule has 198 valence electrons. The van der Waals surface area contributed by atoms with Gasteiger partial charge in [0.05, 0.1) is 11.6 Å². The number of aryl methyl sites for hydroxylation is 1. The van der Waals surface area contributed by atoms with E-state index in [9.17, 15) is 14.7 Å². The van der Waals surface area contributed by atoms with E-state index in [0.717, 1.165) is 24.2 Å². The van der Waals surface area contributed by atoms with E-state index in [1.165, 1.54) is 4.90 Å². The van der Waals surface area contributed by atoms with Gasteiger partial charge in [-0.2, -0.15) is 0 Å². The van der Waals surface area contributed by atoms with Gasteiger partial charge in [0.15, 0.2) is 0 Å². The molecular weight excluding hydrogens is 500 g/mol. The summed E-state index contributed by atoms with van der Waals surface area (Å²) in [5, 5.41) is 11.8. The lowest BCUT2D eigenvalue weighted by Crippen LogP contribution is -2.38. The maximum absolute atomic E-state index is 13.3. The minimum Gasteiger partial charge on any atom is -0.507 e. The summed E-state index contributed by atoms with van der Waals surface area (Å²) in [7, 11) is 0. The zero-order valence-electron chi connectivity index (χ0n) is 22.0. The van der Waals surface area contributed by atoms with Gasteiger partial charge in [-0.05, 0) is 67.5 Å². The first-order valence-electron chi connectivity index (χ1n) is 12.9. The first-order chi connectivity index (χ1) is 18.3. The highest BCUT2D eigenvalue weighted by Gasteiger charge is 2.46. The van der Waals surface area contributed by atoms with Crippen molar-refractivity contribution in [2.24, 2.45) is 0 Å². The summed E-state index contributed by atoms with van der Waals surface area (Å²) < 4.78 is 5.90. The molecule has 1 fully saturated rings. The van der Waals surface area contributed by atoms with Crippen molar-refractivity contribution in [1.82, 2.24) is 9.80 Å². The Kier molecular flexibility index (Phi) is 8.87. The van der Waals surface area contributed by atoms with Crippen LogP contribution in [0, 0.1) is 6.92 Å². The molecule has 1 heterocycles. The van der Waals surface area contributed by atoms with Crippen molar-refractivity contribution in [2.45, 2.75) is 33.4 Å². The molecule has 1 amide bonds. The Bertz CT molecular complexity index is 1330. The summed E-state index contributed by atoms with van der Waals surface area (Å²) in [6, 6.07) is 21.3. The average molecular weight is 533 g/mol. The smallest absolute Gasteiger partial charge is 0.295 e. The molecule has 0 aliphatic carbocycles. The predicted molar refractivity (Wildman–Crippen MR) is 150 cm³/mol. The van der Waals surface area contributed by atoms with Gasteiger partial charge in [-0.1, -0.05) is 67.4 Å². The molecule has 1 aliphatic heterocycles. The number of nitrogens with zero attached hydrogens (tertiary/aromatic N) is 2. The third-order valence-electron chi connectivity index (χ3n) is 6.87. The van der Waals surface area contributed by atoms with Crippen molar-refractivity contribution in [2.75, 3.05) is 26.2 Å². The highest BCUT2D eigenvalue weighted by Crippen LogP contribution is 2.40. The molecular formula is C31H33ClN2O4. The molecule has 0 bridgehead atoms. The number of halogens is 1. The van der Waals surface area contributed by atoms with Crippen molar-refractivity contribution in [3.05, 3.63) is 106 Å². The zero-order chi connectivity index (χ0) is 27.2. The van der Waals surface area contributed by atoms with Crippen molar-refractivity contribution in [3.8, 4) is 5.75 Å². The summed E-state index contributed by atoms with van der Waals surface area (Å²) in [6.45, 7) is 9.20. The molecule has 1 aliphatic rings. The highest BCUT2D eigenvalue weighted by molar-refractivity contribution is 6.46. The number of carbonyl (C=O) groups is 2. The van der Waals surface area contributed by atoms with E-state index in [0.29, 0.717) is 41.6 Å². The van der Waals surface area contributed by atoms with Crippen molar-refractivity contribution < 1.29 is 19.4 Å². The number of amides is 1. The number of hydrogen-bond donors (Lipinski definition) is 1. The number of likely N-dealkylation sites (N-methyl/N-ethyl adjacent to an activating group) is 1. The predicted octanol–water partition coefficient (Wildman–Crippen LogP) is 5.99. The van der Waals surface area contributed by atoms with E-state index in [2.05, 4.69) is 24.8 Å². The van der Waals surface area contributed by atoms with Crippen LogP contribution in [0.1, 0.15) is 42.1 Å². The Morgan fingerprint density at radius 3 is 2.37 bits per heavy atom. The van der Waals surface area contributed by atoms with Crippen LogP contribution in [0.3, 0.4) is 0 Å². The van der Waals surface area contributed by atoms with Crippen LogP contribution in [0.25, 0.3) is 5.76 Å². The number of aliphatic hydroxyl groups is 1. The molecule has 4 rings (SSSR count). The Labute approximate surface area is 229 Å². The van der Waals surface area contributed by atoms with Crippen molar-refractivity contribution in [3.63, 3.8) is 0 Å². The molecule has 0 radical (unpaired) electrons. The molecule has 1 saturated heterocycles. The first-order valence-corrected chi connectivity index (χ1v) is 13.2. The van der Waals surface area contributed by atoms with Crippen LogP contribution in [0.15, 0.2) is 78.4 Å². The number of ether oxygens (including phenoxy) is 1. The van der Waals surface area contributed by atoms with E-state index in [1.807, 2.05) is 31.2 Å². The quantitative estimate of drug-likeness (QED) is 0.197. The topological polar surface area (TPSA) is 70.1 Å². The zero-order valence-corrected chi connectivity index (χ0v) is 22.7.